The number of carbonyl (C=O) groups excluding carboxylic acids is 1. The second-order valence-corrected chi connectivity index (χ2v) is 8.92. The number of nitrogens with zero attached hydrogens (tertiary/aromatic N) is 5. The molecule has 6 nitrogen and oxygen atoms in total. The van der Waals surface area contributed by atoms with E-state index in [2.05, 4.69) is 15.3 Å². The highest BCUT2D eigenvalue weighted by molar-refractivity contribution is 7.14. The first-order valence-corrected chi connectivity index (χ1v) is 11.4. The maximum absolute atomic E-state index is 14.1. The molecule has 1 unspecified atom stereocenters. The van der Waals surface area contributed by atoms with E-state index in [1.165, 1.54) is 17.4 Å². The predicted octanol–water partition coefficient (Wildman–Crippen LogP) is 4.86. The van der Waals surface area contributed by atoms with E-state index in [4.69, 9.17) is 0 Å². The molecule has 0 aliphatic carbocycles. The van der Waals surface area contributed by atoms with Gasteiger partial charge in [0.25, 0.3) is 5.91 Å². The van der Waals surface area contributed by atoms with Crippen molar-refractivity contribution in [3.63, 3.8) is 0 Å². The molecular weight excluding hydrogens is 425 g/mol. The normalized spacial score (nSPS) is 16.3. The SMILES string of the molecule is Cc1c(C(=O)N2CCCC(c3nnc(-c4ccccc4F)s3)C2)cnn1-c1ccccc1. The Hall–Kier alpha value is -3.39. The lowest BCUT2D eigenvalue weighted by Crippen LogP contribution is -2.39. The molecule has 1 aliphatic rings. The van der Waals surface area contributed by atoms with Crippen molar-refractivity contribution >= 4 is 17.2 Å². The third kappa shape index (κ3) is 3.82. The molecule has 0 radical (unpaired) electrons. The summed E-state index contributed by atoms with van der Waals surface area (Å²) in [7, 11) is 0. The Morgan fingerprint density at radius 1 is 1.09 bits per heavy atom. The third-order valence-corrected chi connectivity index (χ3v) is 6.96. The molecule has 1 aliphatic heterocycles. The van der Waals surface area contributed by atoms with E-state index < -0.39 is 0 Å². The Balaban J connectivity index is 1.34. The van der Waals surface area contributed by atoms with Crippen LogP contribution < -0.4 is 0 Å². The summed E-state index contributed by atoms with van der Waals surface area (Å²) in [5.41, 5.74) is 2.82. The van der Waals surface area contributed by atoms with E-state index in [9.17, 15) is 9.18 Å². The summed E-state index contributed by atoms with van der Waals surface area (Å²) in [4.78, 5) is 15.2. The molecule has 0 saturated carbocycles. The molecule has 2 aromatic heterocycles. The zero-order chi connectivity index (χ0) is 22.1. The van der Waals surface area contributed by atoms with Crippen LogP contribution in [-0.4, -0.2) is 43.9 Å². The van der Waals surface area contributed by atoms with Gasteiger partial charge in [-0.2, -0.15) is 5.10 Å². The molecule has 1 saturated heterocycles. The van der Waals surface area contributed by atoms with Crippen LogP contribution in [0.4, 0.5) is 4.39 Å². The van der Waals surface area contributed by atoms with Crippen LogP contribution in [0.25, 0.3) is 16.3 Å². The summed E-state index contributed by atoms with van der Waals surface area (Å²) in [5, 5.41) is 14.4. The van der Waals surface area contributed by atoms with Crippen molar-refractivity contribution < 1.29 is 9.18 Å². The van der Waals surface area contributed by atoms with Crippen LogP contribution in [0.3, 0.4) is 0 Å². The number of para-hydroxylation sites is 1. The smallest absolute Gasteiger partial charge is 0.257 e. The van der Waals surface area contributed by atoms with Gasteiger partial charge >= 0.3 is 0 Å². The first-order valence-electron chi connectivity index (χ1n) is 10.6. The summed E-state index contributed by atoms with van der Waals surface area (Å²) < 4.78 is 15.9. The second-order valence-electron chi connectivity index (χ2n) is 7.91. The molecule has 1 amide bonds. The fourth-order valence-electron chi connectivity index (χ4n) is 4.13. The van der Waals surface area contributed by atoms with Crippen LogP contribution in [0.1, 0.15) is 39.8 Å². The van der Waals surface area contributed by atoms with Gasteiger partial charge in [-0.05, 0) is 44.0 Å². The zero-order valence-corrected chi connectivity index (χ0v) is 18.4. The monoisotopic (exact) mass is 447 g/mol. The van der Waals surface area contributed by atoms with Crippen molar-refractivity contribution in [3.05, 3.63) is 82.9 Å². The largest absolute Gasteiger partial charge is 0.338 e. The maximum atomic E-state index is 14.1. The summed E-state index contributed by atoms with van der Waals surface area (Å²) in [6.07, 6.45) is 3.46. The topological polar surface area (TPSA) is 63.9 Å². The Bertz CT molecular complexity index is 1250. The van der Waals surface area contributed by atoms with E-state index in [-0.39, 0.29) is 17.6 Å². The number of benzene rings is 2. The molecule has 5 rings (SSSR count). The number of likely N-dealkylation sites (tertiary alicyclic amines) is 1. The van der Waals surface area contributed by atoms with Crippen molar-refractivity contribution in [2.24, 2.45) is 0 Å². The number of hydrogen-bond acceptors (Lipinski definition) is 5. The molecule has 3 heterocycles. The Morgan fingerprint density at radius 3 is 2.69 bits per heavy atom. The average Bonchev–Trinajstić information content (AvgIpc) is 3.47. The Morgan fingerprint density at radius 2 is 1.88 bits per heavy atom. The van der Waals surface area contributed by atoms with Crippen molar-refractivity contribution in [1.29, 1.82) is 0 Å². The number of aromatic nitrogens is 4. The molecule has 32 heavy (non-hydrogen) atoms. The summed E-state index contributed by atoms with van der Waals surface area (Å²) in [6.45, 7) is 3.19. The van der Waals surface area contributed by atoms with E-state index in [1.807, 2.05) is 42.2 Å². The minimum Gasteiger partial charge on any atom is -0.338 e. The van der Waals surface area contributed by atoms with Crippen LogP contribution in [-0.2, 0) is 0 Å². The third-order valence-electron chi connectivity index (χ3n) is 5.84. The Kier molecular flexibility index (Phi) is 5.53. The fourth-order valence-corrected chi connectivity index (χ4v) is 5.12. The van der Waals surface area contributed by atoms with Crippen molar-refractivity contribution in [3.8, 4) is 16.3 Å². The summed E-state index contributed by atoms with van der Waals surface area (Å²) in [6, 6.07) is 16.4. The summed E-state index contributed by atoms with van der Waals surface area (Å²) in [5.74, 6) is -0.232. The van der Waals surface area contributed by atoms with Gasteiger partial charge in [0.05, 0.1) is 23.1 Å². The molecule has 0 N–H and O–H groups in total. The van der Waals surface area contributed by atoms with Gasteiger partial charge in [-0.15, -0.1) is 10.2 Å². The lowest BCUT2D eigenvalue weighted by Gasteiger charge is -2.31. The first-order chi connectivity index (χ1) is 15.6. The van der Waals surface area contributed by atoms with E-state index in [0.717, 1.165) is 29.2 Å². The molecule has 0 spiro atoms. The van der Waals surface area contributed by atoms with Crippen molar-refractivity contribution in [1.82, 2.24) is 24.9 Å². The van der Waals surface area contributed by atoms with Crippen LogP contribution in [0, 0.1) is 12.7 Å². The fraction of sp³-hybridized carbons (Fsp3) is 0.250. The van der Waals surface area contributed by atoms with Gasteiger partial charge in [0.1, 0.15) is 10.8 Å². The highest BCUT2D eigenvalue weighted by Crippen LogP contribution is 2.34. The second kappa shape index (κ2) is 8.63. The number of carbonyl (C=O) groups is 1. The van der Waals surface area contributed by atoms with Gasteiger partial charge in [0.15, 0.2) is 5.01 Å². The number of piperidine rings is 1. The molecule has 2 aromatic carbocycles. The molecule has 1 atom stereocenters. The Labute approximate surface area is 189 Å². The quantitative estimate of drug-likeness (QED) is 0.448. The predicted molar refractivity (Wildman–Crippen MR) is 121 cm³/mol. The molecule has 1 fully saturated rings. The highest BCUT2D eigenvalue weighted by atomic mass is 32.1. The van der Waals surface area contributed by atoms with E-state index in [0.29, 0.717) is 29.2 Å². The van der Waals surface area contributed by atoms with E-state index >= 15 is 0 Å². The zero-order valence-electron chi connectivity index (χ0n) is 17.6. The van der Waals surface area contributed by atoms with Gasteiger partial charge in [-0.1, -0.05) is 41.7 Å². The average molecular weight is 448 g/mol. The van der Waals surface area contributed by atoms with Gasteiger partial charge in [-0.25, -0.2) is 9.07 Å². The molecule has 0 bridgehead atoms. The van der Waals surface area contributed by atoms with Gasteiger partial charge in [0.2, 0.25) is 0 Å². The lowest BCUT2D eigenvalue weighted by molar-refractivity contribution is 0.0706. The van der Waals surface area contributed by atoms with Crippen molar-refractivity contribution in [2.75, 3.05) is 13.1 Å². The molecule has 8 heteroatoms. The van der Waals surface area contributed by atoms with Crippen molar-refractivity contribution in [2.45, 2.75) is 25.7 Å². The van der Waals surface area contributed by atoms with Crippen LogP contribution in [0.2, 0.25) is 0 Å². The molecule has 4 aromatic rings. The number of rotatable bonds is 4. The summed E-state index contributed by atoms with van der Waals surface area (Å²) >= 11 is 1.40. The highest BCUT2D eigenvalue weighted by Gasteiger charge is 2.29. The number of halogens is 1. The molecular formula is C24H22FN5OS. The van der Waals surface area contributed by atoms with Gasteiger partial charge in [0, 0.05) is 24.6 Å². The van der Waals surface area contributed by atoms with Gasteiger partial charge < -0.3 is 4.90 Å². The standard InChI is InChI=1S/C24H22FN5OS/c1-16-20(14-26-30(16)18-9-3-2-4-10-18)24(31)29-13-7-8-17(15-29)22-27-28-23(32-22)19-11-5-6-12-21(19)25/h2-6,9-12,14,17H,7-8,13,15H2,1H3. The van der Waals surface area contributed by atoms with Crippen LogP contribution in [0.15, 0.2) is 60.8 Å². The molecule has 162 valence electrons. The minimum absolute atomic E-state index is 0.0202. The minimum atomic E-state index is -0.304. The van der Waals surface area contributed by atoms with Crippen LogP contribution >= 0.6 is 11.3 Å². The van der Waals surface area contributed by atoms with E-state index in [1.54, 1.807) is 29.1 Å². The number of amides is 1. The van der Waals surface area contributed by atoms with Crippen LogP contribution in [0.5, 0.6) is 0 Å². The number of hydrogen-bond donors (Lipinski definition) is 0. The lowest BCUT2D eigenvalue weighted by atomic mass is 9.98. The maximum Gasteiger partial charge on any atom is 0.257 e. The van der Waals surface area contributed by atoms with Gasteiger partial charge in [-0.3, -0.25) is 4.79 Å². The first kappa shape index (κ1) is 20.5.